The lowest BCUT2D eigenvalue weighted by molar-refractivity contribution is 0.0697. The summed E-state index contributed by atoms with van der Waals surface area (Å²) < 4.78 is 5.88. The van der Waals surface area contributed by atoms with Crippen molar-refractivity contribution in [2.24, 2.45) is 5.11 Å². The molecule has 3 aromatic carbocycles. The molecule has 14 heteroatoms. The number of unbranched alkanes of at least 4 members (excludes halogenated alkanes) is 3. The van der Waals surface area contributed by atoms with Gasteiger partial charge in [-0.2, -0.15) is 0 Å². The van der Waals surface area contributed by atoms with Crippen LogP contribution in [-0.2, 0) is 0 Å². The van der Waals surface area contributed by atoms with Crippen molar-refractivity contribution in [3.05, 3.63) is 105 Å². The maximum Gasteiger partial charge on any atom is 0.336 e. The summed E-state index contributed by atoms with van der Waals surface area (Å²) in [5.41, 5.74) is 10.8. The largest absolute Gasteiger partial charge is 0.508 e. The van der Waals surface area contributed by atoms with Crippen LogP contribution in [0.5, 0.6) is 11.5 Å². The Morgan fingerprint density at radius 3 is 2.33 bits per heavy atom. The first kappa shape index (κ1) is 33.3. The molecule has 0 saturated heterocycles. The Morgan fingerprint density at radius 1 is 0.854 bits per heavy atom. The quantitative estimate of drug-likeness (QED) is 0.0203. The minimum absolute atomic E-state index is 0.00310. The molecule has 0 aromatic heterocycles. The van der Waals surface area contributed by atoms with E-state index in [-0.39, 0.29) is 39.5 Å². The summed E-state index contributed by atoms with van der Waals surface area (Å²) in [4.78, 5) is 39.5. The second-order valence-corrected chi connectivity index (χ2v) is 11.2. The number of carboxylic acid groups (broad SMARTS) is 1. The van der Waals surface area contributed by atoms with Gasteiger partial charge in [0.05, 0.1) is 11.1 Å². The van der Waals surface area contributed by atoms with E-state index in [4.69, 9.17) is 22.2 Å². The summed E-state index contributed by atoms with van der Waals surface area (Å²) in [6.45, 7) is 1.00. The van der Waals surface area contributed by atoms with Crippen LogP contribution in [0.1, 0.15) is 46.4 Å². The van der Waals surface area contributed by atoms with Gasteiger partial charge >= 0.3 is 5.97 Å². The fraction of sp³-hybridized carbons (Fsp3) is 0.176. The number of carbonyl (C=O) groups excluding carboxylic acids is 1. The third-order valence-corrected chi connectivity index (χ3v) is 7.76. The van der Waals surface area contributed by atoms with Crippen LogP contribution in [0.2, 0.25) is 0 Å². The van der Waals surface area contributed by atoms with Gasteiger partial charge in [0.25, 0.3) is 5.91 Å². The highest BCUT2D eigenvalue weighted by Crippen LogP contribution is 2.42. The monoisotopic (exact) mass is 666 g/mol. The number of hydrogen-bond acceptors (Lipinski definition) is 8. The molecule has 0 radical (unpaired) electrons. The van der Waals surface area contributed by atoms with Crippen molar-refractivity contribution in [3.63, 3.8) is 0 Å². The van der Waals surface area contributed by atoms with Crippen LogP contribution in [0.3, 0.4) is 0 Å². The van der Waals surface area contributed by atoms with Gasteiger partial charge in [0, 0.05) is 58.0 Å². The normalized spacial score (nSPS) is 10.8. The van der Waals surface area contributed by atoms with Gasteiger partial charge in [-0.25, -0.2) is 4.79 Å². The molecule has 13 nitrogen and oxygen atoms in total. The molecule has 5 rings (SSSR count). The third-order valence-electron chi connectivity index (χ3n) is 7.51. The molecule has 2 aliphatic rings. The summed E-state index contributed by atoms with van der Waals surface area (Å²) in [6, 6.07) is 17.8. The van der Waals surface area contributed by atoms with Gasteiger partial charge in [0.15, 0.2) is 10.5 Å². The molecule has 0 atom stereocenters. The zero-order chi connectivity index (χ0) is 34.2. The highest BCUT2D eigenvalue weighted by atomic mass is 32.1. The van der Waals surface area contributed by atoms with Crippen LogP contribution in [0.25, 0.3) is 43.9 Å². The molecule has 244 valence electrons. The number of phenolic OH excluding ortho intramolecular Hbond substituents is 2. The Bertz CT molecular complexity index is 2110. The molecule has 1 amide bonds. The van der Waals surface area contributed by atoms with Gasteiger partial charge in [-0.15, -0.1) is 0 Å². The minimum atomic E-state index is -1.16. The van der Waals surface area contributed by atoms with Crippen molar-refractivity contribution in [3.8, 4) is 33.9 Å². The van der Waals surface area contributed by atoms with Crippen molar-refractivity contribution in [2.75, 3.05) is 18.4 Å². The Balaban J connectivity index is 1.15. The Kier molecular flexibility index (Phi) is 10.4. The average molecular weight is 667 g/mol. The molecule has 1 heterocycles. The second kappa shape index (κ2) is 15.0. The number of azide groups is 1. The molecule has 0 saturated carbocycles. The lowest BCUT2D eigenvalue weighted by Gasteiger charge is -2.18. The molecular weight excluding hydrogens is 636 g/mol. The Hall–Kier alpha value is -6.11. The van der Waals surface area contributed by atoms with Crippen LogP contribution >= 0.6 is 12.2 Å². The molecule has 3 aromatic rings. The Morgan fingerprint density at radius 2 is 1.60 bits per heavy atom. The van der Waals surface area contributed by atoms with Gasteiger partial charge in [0.1, 0.15) is 22.8 Å². The van der Waals surface area contributed by atoms with E-state index in [1.165, 1.54) is 48.5 Å². The van der Waals surface area contributed by atoms with Crippen LogP contribution in [0.15, 0.2) is 87.1 Å². The zero-order valence-electron chi connectivity index (χ0n) is 25.4. The second-order valence-electron chi connectivity index (χ2n) is 10.8. The highest BCUT2D eigenvalue weighted by Gasteiger charge is 2.22. The number of rotatable bonds is 12. The molecule has 0 fully saturated rings. The van der Waals surface area contributed by atoms with E-state index in [2.05, 4.69) is 26.0 Å². The van der Waals surface area contributed by atoms with Crippen molar-refractivity contribution in [2.45, 2.75) is 25.7 Å². The summed E-state index contributed by atoms with van der Waals surface area (Å²) in [5, 5.41) is 43.4. The predicted octanol–water partition coefficient (Wildman–Crippen LogP) is 6.89. The molecule has 0 unspecified atom stereocenters. The molecule has 6 N–H and O–H groups in total. The summed E-state index contributed by atoms with van der Waals surface area (Å²) in [6.07, 6.45) is 3.25. The standard InChI is InChI=1S/C34H30N6O7S/c35-40-39-20-6-10-24(28(43)16-20)32(44)36-13-3-1-2-4-14-37-34(48)38-19-5-9-23(27(15-19)33(45)46)31-25-11-7-21(41)17-29(25)47-30-18-22(42)8-12-26(30)31/h5-12,15-18,41,43H,1-4,13-14H2,(H,36,44)(H,45,46)(H2,37,38,48). The number of carbonyl (C=O) groups is 2. The summed E-state index contributed by atoms with van der Waals surface area (Å²) in [5.74, 6) is -1.62. The van der Waals surface area contributed by atoms with Gasteiger partial charge in [-0.1, -0.05) is 30.1 Å². The summed E-state index contributed by atoms with van der Waals surface area (Å²) in [7, 11) is 0. The van der Waals surface area contributed by atoms with Crippen molar-refractivity contribution in [1.29, 1.82) is 0 Å². The molecule has 1 aliphatic carbocycles. The van der Waals surface area contributed by atoms with Crippen molar-refractivity contribution in [1.82, 2.24) is 10.6 Å². The Labute approximate surface area is 278 Å². The fourth-order valence-electron chi connectivity index (χ4n) is 5.27. The number of anilines is 1. The van der Waals surface area contributed by atoms with Crippen LogP contribution in [-0.4, -0.2) is 45.4 Å². The number of amides is 1. The van der Waals surface area contributed by atoms with Gasteiger partial charge < -0.3 is 35.7 Å². The molecule has 48 heavy (non-hydrogen) atoms. The van der Waals surface area contributed by atoms with E-state index in [1.807, 2.05) is 0 Å². The smallest absolute Gasteiger partial charge is 0.336 e. The van der Waals surface area contributed by atoms with E-state index in [0.717, 1.165) is 25.7 Å². The number of nitrogens with one attached hydrogen (secondary N) is 3. The van der Waals surface area contributed by atoms with Gasteiger partial charge in [0.2, 0.25) is 0 Å². The lowest BCUT2D eigenvalue weighted by Crippen LogP contribution is -2.29. The number of aromatic hydroxyl groups is 2. The third kappa shape index (κ3) is 7.81. The zero-order valence-corrected chi connectivity index (χ0v) is 26.2. The number of phenols is 2. The van der Waals surface area contributed by atoms with Crippen molar-refractivity contribution >= 4 is 51.6 Å². The van der Waals surface area contributed by atoms with Crippen LogP contribution < -0.4 is 21.4 Å². The first-order chi connectivity index (χ1) is 23.1. The SMILES string of the molecule is [N-]=[N+]=Nc1ccc(C(=O)NCCCCCCNC(=S)Nc2ccc(-c3c4ccc(=O)cc-4oc4cc(O)ccc34)c(C(=O)O)c2)c(O)c1. The highest BCUT2D eigenvalue weighted by molar-refractivity contribution is 7.80. The number of carboxylic acids is 1. The van der Waals surface area contributed by atoms with E-state index in [0.29, 0.717) is 51.5 Å². The van der Waals surface area contributed by atoms with E-state index < -0.39 is 11.9 Å². The number of aromatic carboxylic acids is 1. The lowest BCUT2D eigenvalue weighted by atomic mass is 9.90. The first-order valence-electron chi connectivity index (χ1n) is 14.9. The number of thiocarbonyl (C=S) groups is 1. The van der Waals surface area contributed by atoms with Gasteiger partial charge in [-0.3, -0.25) is 9.59 Å². The number of fused-ring (bicyclic) bond motifs is 2. The molecule has 0 bridgehead atoms. The number of benzene rings is 4. The molecule has 1 aliphatic heterocycles. The first-order valence-corrected chi connectivity index (χ1v) is 15.3. The van der Waals surface area contributed by atoms with E-state index in [9.17, 15) is 29.7 Å². The maximum absolute atomic E-state index is 12.5. The van der Waals surface area contributed by atoms with Crippen LogP contribution in [0.4, 0.5) is 11.4 Å². The molecular formula is C34H30N6O7S. The van der Waals surface area contributed by atoms with E-state index >= 15 is 0 Å². The van der Waals surface area contributed by atoms with Crippen LogP contribution in [0, 0.1) is 0 Å². The predicted molar refractivity (Wildman–Crippen MR) is 185 cm³/mol. The van der Waals surface area contributed by atoms with Crippen molar-refractivity contribution < 1.29 is 29.3 Å². The maximum atomic E-state index is 12.5. The molecule has 0 spiro atoms. The summed E-state index contributed by atoms with van der Waals surface area (Å²) >= 11 is 5.42. The van der Waals surface area contributed by atoms with E-state index in [1.54, 1.807) is 24.3 Å². The fourth-order valence-corrected chi connectivity index (χ4v) is 5.49. The number of nitrogens with zero attached hydrogens (tertiary/aromatic N) is 3. The van der Waals surface area contributed by atoms with Gasteiger partial charge in [-0.05, 0) is 84.7 Å². The minimum Gasteiger partial charge on any atom is -0.508 e. The average Bonchev–Trinajstić information content (AvgIpc) is 3.05. The topological polar surface area (TPSA) is 210 Å². The number of hydrogen-bond donors (Lipinski definition) is 6.